The summed E-state index contributed by atoms with van der Waals surface area (Å²) in [5, 5.41) is 10.8. The highest BCUT2D eigenvalue weighted by Gasteiger charge is 2.57. The predicted octanol–water partition coefficient (Wildman–Crippen LogP) is 2.66. The minimum Gasteiger partial charge on any atom is -0.465 e. The van der Waals surface area contributed by atoms with E-state index in [-0.39, 0.29) is 17.7 Å². The summed E-state index contributed by atoms with van der Waals surface area (Å²) in [6.07, 6.45) is 2.08. The van der Waals surface area contributed by atoms with Crippen molar-refractivity contribution in [2.75, 3.05) is 7.11 Å². The molecule has 1 aliphatic rings. The summed E-state index contributed by atoms with van der Waals surface area (Å²) in [4.78, 5) is 40.2. The number of cyclic esters (lactones) is 2. The molecule has 0 unspecified atom stereocenters. The van der Waals surface area contributed by atoms with Crippen molar-refractivity contribution in [2.45, 2.75) is 24.9 Å². The van der Waals surface area contributed by atoms with Crippen molar-refractivity contribution in [3.8, 4) is 16.9 Å². The largest absolute Gasteiger partial charge is 0.465 e. The van der Waals surface area contributed by atoms with Crippen LogP contribution in [0, 0.1) is 0 Å². The van der Waals surface area contributed by atoms with Gasteiger partial charge in [-0.1, -0.05) is 36.4 Å². The lowest BCUT2D eigenvalue weighted by atomic mass is 9.99. The standard InChI is InChI=1S/C25H21NO8/c1-31-22(28)20-14-18(10-11-19(20)17-7-3-2-4-8-17)32-25(33-23(29)24(30)34-25)21(27)12-9-16-6-5-13-26-15-16/h2-8,10-11,13-15,21,27H,9,12H2,1H3/t21-/m1/s1. The highest BCUT2D eigenvalue weighted by molar-refractivity contribution is 6.31. The van der Waals surface area contributed by atoms with Crippen molar-refractivity contribution in [2.24, 2.45) is 0 Å². The van der Waals surface area contributed by atoms with Gasteiger partial charge in [0.2, 0.25) is 0 Å². The molecule has 0 aliphatic carbocycles. The van der Waals surface area contributed by atoms with E-state index in [1.54, 1.807) is 24.5 Å². The van der Waals surface area contributed by atoms with Gasteiger partial charge in [0.15, 0.2) is 6.10 Å². The molecule has 9 heteroatoms. The molecule has 34 heavy (non-hydrogen) atoms. The molecule has 1 N–H and O–H groups in total. The summed E-state index contributed by atoms with van der Waals surface area (Å²) >= 11 is 0. The minimum absolute atomic E-state index is 0.0167. The molecule has 0 spiro atoms. The van der Waals surface area contributed by atoms with Crippen LogP contribution >= 0.6 is 0 Å². The van der Waals surface area contributed by atoms with Crippen LogP contribution in [0.25, 0.3) is 11.1 Å². The lowest BCUT2D eigenvalue weighted by molar-refractivity contribution is -0.318. The smallest absolute Gasteiger partial charge is 0.450 e. The maximum Gasteiger partial charge on any atom is 0.450 e. The van der Waals surface area contributed by atoms with E-state index in [4.69, 9.17) is 18.9 Å². The molecular weight excluding hydrogens is 442 g/mol. The quantitative estimate of drug-likeness (QED) is 0.397. The number of aliphatic hydroxyl groups excluding tert-OH is 1. The fourth-order valence-corrected chi connectivity index (χ4v) is 3.53. The van der Waals surface area contributed by atoms with Crippen molar-refractivity contribution in [3.63, 3.8) is 0 Å². The van der Waals surface area contributed by atoms with Crippen molar-refractivity contribution in [3.05, 3.63) is 84.2 Å². The summed E-state index contributed by atoms with van der Waals surface area (Å²) in [7, 11) is 1.24. The highest BCUT2D eigenvalue weighted by atomic mass is 16.9. The van der Waals surface area contributed by atoms with E-state index in [0.717, 1.165) is 11.1 Å². The number of ether oxygens (including phenoxy) is 4. The fourth-order valence-electron chi connectivity index (χ4n) is 3.53. The Morgan fingerprint density at radius 2 is 1.79 bits per heavy atom. The molecule has 2 heterocycles. The van der Waals surface area contributed by atoms with Gasteiger partial charge in [0.1, 0.15) is 5.75 Å². The number of pyridine rings is 1. The number of nitrogens with zero attached hydrogens (tertiary/aromatic N) is 1. The molecule has 0 amide bonds. The van der Waals surface area contributed by atoms with E-state index < -0.39 is 30.0 Å². The lowest BCUT2D eigenvalue weighted by Crippen LogP contribution is -2.49. The molecule has 1 atom stereocenters. The third kappa shape index (κ3) is 4.74. The molecule has 9 nitrogen and oxygen atoms in total. The van der Waals surface area contributed by atoms with Gasteiger partial charge >= 0.3 is 23.9 Å². The first kappa shape index (κ1) is 22.9. The Morgan fingerprint density at radius 3 is 2.44 bits per heavy atom. The molecule has 1 aromatic heterocycles. The minimum atomic E-state index is -2.40. The molecule has 174 valence electrons. The molecule has 0 radical (unpaired) electrons. The average Bonchev–Trinajstić information content (AvgIpc) is 3.16. The molecule has 1 fully saturated rings. The van der Waals surface area contributed by atoms with Crippen LogP contribution in [0.15, 0.2) is 73.1 Å². The number of aromatic nitrogens is 1. The average molecular weight is 463 g/mol. The number of methoxy groups -OCH3 is 1. The first-order chi connectivity index (χ1) is 16.4. The van der Waals surface area contributed by atoms with Gasteiger partial charge in [-0.3, -0.25) is 4.98 Å². The van der Waals surface area contributed by atoms with Gasteiger partial charge in [0.25, 0.3) is 0 Å². The van der Waals surface area contributed by atoms with Crippen LogP contribution in [0.5, 0.6) is 5.75 Å². The normalized spacial score (nSPS) is 15.2. The third-order valence-corrected chi connectivity index (χ3v) is 5.22. The van der Waals surface area contributed by atoms with E-state index in [2.05, 4.69) is 4.98 Å². The Labute approximate surface area is 194 Å². The van der Waals surface area contributed by atoms with Gasteiger partial charge in [0.05, 0.1) is 12.7 Å². The molecule has 1 saturated heterocycles. The number of aliphatic hydroxyl groups is 1. The topological polar surface area (TPSA) is 121 Å². The van der Waals surface area contributed by atoms with E-state index in [1.165, 1.54) is 19.2 Å². The SMILES string of the molecule is COC(=O)c1cc(OC2([C@H](O)CCc3cccnc3)OC(=O)C(=O)O2)ccc1-c1ccccc1. The van der Waals surface area contributed by atoms with Gasteiger partial charge in [-0.25, -0.2) is 14.4 Å². The second kappa shape index (κ2) is 9.72. The molecular formula is C25H21NO8. The molecule has 0 bridgehead atoms. The summed E-state index contributed by atoms with van der Waals surface area (Å²) in [5.41, 5.74) is 2.32. The van der Waals surface area contributed by atoms with Crippen molar-refractivity contribution in [1.29, 1.82) is 0 Å². The van der Waals surface area contributed by atoms with Crippen molar-refractivity contribution < 1.29 is 38.4 Å². The van der Waals surface area contributed by atoms with Crippen LogP contribution in [0.1, 0.15) is 22.3 Å². The Hall–Kier alpha value is -4.24. The van der Waals surface area contributed by atoms with E-state index >= 15 is 0 Å². The number of hydrogen-bond donors (Lipinski definition) is 1. The van der Waals surface area contributed by atoms with Gasteiger partial charge in [0, 0.05) is 12.4 Å². The summed E-state index contributed by atoms with van der Waals surface area (Å²) < 4.78 is 20.7. The van der Waals surface area contributed by atoms with Crippen LogP contribution in [0.3, 0.4) is 0 Å². The number of hydrogen-bond acceptors (Lipinski definition) is 9. The van der Waals surface area contributed by atoms with Crippen LogP contribution in [-0.4, -0.2) is 47.2 Å². The maximum atomic E-state index is 12.5. The summed E-state index contributed by atoms with van der Waals surface area (Å²) in [5.74, 6) is -5.61. The number of carbonyl (C=O) groups excluding carboxylic acids is 3. The number of aryl methyl sites for hydroxylation is 1. The van der Waals surface area contributed by atoms with E-state index in [9.17, 15) is 19.5 Å². The number of benzene rings is 2. The van der Waals surface area contributed by atoms with Crippen LogP contribution in [-0.2, 0) is 30.2 Å². The molecule has 1 aliphatic heterocycles. The highest BCUT2D eigenvalue weighted by Crippen LogP contribution is 2.34. The Kier molecular flexibility index (Phi) is 6.55. The number of esters is 3. The zero-order valence-electron chi connectivity index (χ0n) is 18.2. The first-order valence-electron chi connectivity index (χ1n) is 10.4. The van der Waals surface area contributed by atoms with E-state index in [1.807, 2.05) is 36.4 Å². The fraction of sp³-hybridized carbons (Fsp3) is 0.200. The molecule has 3 aromatic rings. The van der Waals surface area contributed by atoms with E-state index in [0.29, 0.717) is 12.0 Å². The van der Waals surface area contributed by atoms with Gasteiger partial charge < -0.3 is 24.1 Å². The predicted molar refractivity (Wildman–Crippen MR) is 117 cm³/mol. The van der Waals surface area contributed by atoms with Gasteiger partial charge in [-0.2, -0.15) is 0 Å². The zero-order valence-corrected chi connectivity index (χ0v) is 18.2. The Morgan fingerprint density at radius 1 is 1.06 bits per heavy atom. The second-order valence-corrected chi connectivity index (χ2v) is 7.47. The Balaban J connectivity index is 1.64. The molecule has 0 saturated carbocycles. The first-order valence-corrected chi connectivity index (χ1v) is 10.4. The van der Waals surface area contributed by atoms with Crippen LogP contribution < -0.4 is 4.74 Å². The second-order valence-electron chi connectivity index (χ2n) is 7.47. The third-order valence-electron chi connectivity index (χ3n) is 5.22. The monoisotopic (exact) mass is 463 g/mol. The van der Waals surface area contributed by atoms with Crippen LogP contribution in [0.2, 0.25) is 0 Å². The Bertz CT molecular complexity index is 1180. The zero-order chi connectivity index (χ0) is 24.1. The lowest BCUT2D eigenvalue weighted by Gasteiger charge is -2.30. The van der Waals surface area contributed by atoms with Crippen molar-refractivity contribution >= 4 is 17.9 Å². The van der Waals surface area contributed by atoms with Crippen LogP contribution in [0.4, 0.5) is 0 Å². The van der Waals surface area contributed by atoms with Gasteiger partial charge in [-0.05, 0) is 53.8 Å². The maximum absolute atomic E-state index is 12.5. The number of rotatable bonds is 8. The summed E-state index contributed by atoms with van der Waals surface area (Å²) in [6.45, 7) is 0. The summed E-state index contributed by atoms with van der Waals surface area (Å²) in [6, 6.07) is 17.2. The van der Waals surface area contributed by atoms with Gasteiger partial charge in [-0.15, -0.1) is 0 Å². The molecule has 2 aromatic carbocycles. The van der Waals surface area contributed by atoms with Crippen molar-refractivity contribution in [1.82, 2.24) is 4.98 Å². The number of carbonyl (C=O) groups is 3. The molecule has 4 rings (SSSR count).